The summed E-state index contributed by atoms with van der Waals surface area (Å²) in [6.45, 7) is 3.45. The van der Waals surface area contributed by atoms with E-state index in [-0.39, 0.29) is 12.5 Å². The molecule has 1 unspecified atom stereocenters. The maximum Gasteiger partial charge on any atom is 0.497 e. The maximum absolute atomic E-state index is 9.21. The van der Waals surface area contributed by atoms with Gasteiger partial charge in [0.25, 0.3) is 0 Å². The predicted octanol–water partition coefficient (Wildman–Crippen LogP) is -2.67. The zero-order chi connectivity index (χ0) is 16.6. The van der Waals surface area contributed by atoms with Crippen molar-refractivity contribution in [3.8, 4) is 0 Å². The zero-order valence-corrected chi connectivity index (χ0v) is 13.5. The quantitative estimate of drug-likeness (QED) is 0.209. The van der Waals surface area contributed by atoms with Gasteiger partial charge in [-0.05, 0) is 0 Å². The van der Waals surface area contributed by atoms with E-state index in [4.69, 9.17) is 11.5 Å². The molecule has 126 valence electrons. The Labute approximate surface area is 129 Å². The Morgan fingerprint density at radius 2 is 1.32 bits per heavy atom. The monoisotopic (exact) mass is 332 g/mol. The van der Waals surface area contributed by atoms with Crippen molar-refractivity contribution in [1.82, 2.24) is 15.0 Å². The van der Waals surface area contributed by atoms with Crippen LogP contribution < -0.4 is 27.4 Å². The van der Waals surface area contributed by atoms with Crippen molar-refractivity contribution < 1.29 is 14.4 Å². The van der Waals surface area contributed by atoms with Crippen LogP contribution in [0.3, 0.4) is 0 Å². The minimum atomic E-state index is -4.18. The highest BCUT2D eigenvalue weighted by molar-refractivity contribution is 6.58. The molecule has 0 bridgehead atoms. The molecule has 0 radical (unpaired) electrons. The van der Waals surface area contributed by atoms with Crippen LogP contribution in [0.15, 0.2) is 0 Å². The highest BCUT2D eigenvalue weighted by atomic mass is 28.4. The largest absolute Gasteiger partial charge is 0.497 e. The van der Waals surface area contributed by atoms with Crippen molar-refractivity contribution in [3.63, 3.8) is 0 Å². The van der Waals surface area contributed by atoms with Crippen LogP contribution in [0.2, 0.25) is 5.54 Å². The molecular formula is C10H24N8O3Si. The standard InChI is InChI=1S/C10H24N8O3Si/c1-7(22(19,20)21)6-15-10-17-8(13-4-2-11)16-9(18-10)14-5-3-12/h7,19-21H,2-6,11-12H2,1H3,(H3,13,14,15,16,17,18). The van der Waals surface area contributed by atoms with Crippen molar-refractivity contribution in [2.24, 2.45) is 11.5 Å². The Balaban J connectivity index is 2.78. The van der Waals surface area contributed by atoms with E-state index in [1.54, 1.807) is 0 Å². The first kappa shape index (κ1) is 18.5. The number of aromatic nitrogens is 3. The zero-order valence-electron chi connectivity index (χ0n) is 12.5. The lowest BCUT2D eigenvalue weighted by atomic mass is 10.5. The normalized spacial score (nSPS) is 12.8. The average molecular weight is 332 g/mol. The van der Waals surface area contributed by atoms with Gasteiger partial charge in [-0.15, -0.1) is 0 Å². The minimum Gasteiger partial charge on any atom is -0.390 e. The summed E-state index contributed by atoms with van der Waals surface area (Å²) in [5.74, 6) is 0.894. The van der Waals surface area contributed by atoms with E-state index in [1.807, 2.05) is 0 Å². The number of hydrogen-bond donors (Lipinski definition) is 8. The first-order valence-corrected chi connectivity index (χ1v) is 8.83. The molecule has 11 nitrogen and oxygen atoms in total. The van der Waals surface area contributed by atoms with Crippen LogP contribution in [0.5, 0.6) is 0 Å². The van der Waals surface area contributed by atoms with Crippen molar-refractivity contribution >= 4 is 26.6 Å². The Bertz CT molecular complexity index is 432. The fourth-order valence-electron chi connectivity index (χ4n) is 1.36. The molecule has 1 aromatic heterocycles. The van der Waals surface area contributed by atoms with E-state index in [1.165, 1.54) is 6.92 Å². The van der Waals surface area contributed by atoms with E-state index in [9.17, 15) is 14.4 Å². The van der Waals surface area contributed by atoms with Crippen molar-refractivity contribution in [1.29, 1.82) is 0 Å². The van der Waals surface area contributed by atoms with Gasteiger partial charge in [-0.3, -0.25) is 0 Å². The summed E-state index contributed by atoms with van der Waals surface area (Å²) in [4.78, 5) is 40.0. The van der Waals surface area contributed by atoms with Crippen LogP contribution in [0.25, 0.3) is 0 Å². The third kappa shape index (κ3) is 6.46. The molecule has 1 aromatic rings. The smallest absolute Gasteiger partial charge is 0.390 e. The molecule has 0 saturated carbocycles. The van der Waals surface area contributed by atoms with Gasteiger partial charge in [0.2, 0.25) is 17.8 Å². The first-order valence-electron chi connectivity index (χ1n) is 6.91. The van der Waals surface area contributed by atoms with E-state index < -0.39 is 14.3 Å². The lowest BCUT2D eigenvalue weighted by molar-refractivity contribution is 0.214. The average Bonchev–Trinajstić information content (AvgIpc) is 2.47. The first-order chi connectivity index (χ1) is 10.4. The Morgan fingerprint density at radius 1 is 0.909 bits per heavy atom. The molecule has 1 atom stereocenters. The third-order valence-electron chi connectivity index (χ3n) is 2.72. The summed E-state index contributed by atoms with van der Waals surface area (Å²) < 4.78 is 0. The van der Waals surface area contributed by atoms with Crippen molar-refractivity contribution in [3.05, 3.63) is 0 Å². The van der Waals surface area contributed by atoms with Gasteiger partial charge in [-0.1, -0.05) is 6.92 Å². The second kappa shape index (κ2) is 8.77. The molecule has 0 amide bonds. The lowest BCUT2D eigenvalue weighted by Gasteiger charge is -2.18. The molecule has 1 rings (SSSR count). The van der Waals surface area contributed by atoms with Gasteiger partial charge in [0.05, 0.1) is 0 Å². The molecular weight excluding hydrogens is 308 g/mol. The van der Waals surface area contributed by atoms with Gasteiger partial charge in [-0.25, -0.2) is 0 Å². The Morgan fingerprint density at radius 3 is 1.68 bits per heavy atom. The summed E-state index contributed by atoms with van der Waals surface area (Å²) in [7, 11) is -4.18. The fraction of sp³-hybridized carbons (Fsp3) is 0.700. The van der Waals surface area contributed by atoms with Crippen LogP contribution in [0, 0.1) is 0 Å². The Hall–Kier alpha value is -1.57. The number of nitrogens with one attached hydrogen (secondary N) is 3. The van der Waals surface area contributed by atoms with E-state index >= 15 is 0 Å². The number of nitrogens with zero attached hydrogens (tertiary/aromatic N) is 3. The van der Waals surface area contributed by atoms with Gasteiger partial charge in [0, 0.05) is 38.3 Å². The number of nitrogens with two attached hydrogens (primary N) is 2. The lowest BCUT2D eigenvalue weighted by Crippen LogP contribution is -2.42. The predicted molar refractivity (Wildman–Crippen MR) is 85.2 cm³/mol. The molecule has 10 N–H and O–H groups in total. The summed E-state index contributed by atoms with van der Waals surface area (Å²) >= 11 is 0. The summed E-state index contributed by atoms with van der Waals surface area (Å²) in [5, 5.41) is 8.70. The molecule has 0 spiro atoms. The van der Waals surface area contributed by atoms with E-state index in [2.05, 4.69) is 30.9 Å². The number of rotatable bonds is 10. The molecule has 0 fully saturated rings. The second-order valence-electron chi connectivity index (χ2n) is 4.71. The molecule has 0 aliphatic rings. The van der Waals surface area contributed by atoms with Gasteiger partial charge < -0.3 is 41.8 Å². The van der Waals surface area contributed by atoms with Gasteiger partial charge in [0.15, 0.2) is 0 Å². The fourth-order valence-corrected chi connectivity index (χ4v) is 1.74. The summed E-state index contributed by atoms with van der Waals surface area (Å²) in [6.07, 6.45) is 0. The van der Waals surface area contributed by atoms with Crippen LogP contribution in [-0.4, -0.2) is 70.9 Å². The van der Waals surface area contributed by atoms with Crippen LogP contribution in [0.4, 0.5) is 17.8 Å². The highest BCUT2D eigenvalue weighted by Crippen LogP contribution is 2.15. The van der Waals surface area contributed by atoms with E-state index in [0.717, 1.165) is 0 Å². The molecule has 0 aliphatic heterocycles. The third-order valence-corrected chi connectivity index (χ3v) is 4.24. The number of hydrogen-bond acceptors (Lipinski definition) is 11. The SMILES string of the molecule is CC(CNc1nc(NCCN)nc(NCCN)n1)[Si](O)(O)O. The molecule has 0 aromatic carbocycles. The summed E-state index contributed by atoms with van der Waals surface area (Å²) in [6, 6.07) is 0. The Kier molecular flexibility index (Phi) is 7.36. The van der Waals surface area contributed by atoms with Gasteiger partial charge >= 0.3 is 8.80 Å². The maximum atomic E-state index is 9.21. The van der Waals surface area contributed by atoms with E-state index in [0.29, 0.717) is 38.1 Å². The highest BCUT2D eigenvalue weighted by Gasteiger charge is 2.35. The molecule has 0 aliphatic carbocycles. The number of anilines is 3. The van der Waals surface area contributed by atoms with Crippen molar-refractivity contribution in [2.75, 3.05) is 48.7 Å². The molecule has 1 heterocycles. The molecule has 12 heteroatoms. The van der Waals surface area contributed by atoms with Crippen LogP contribution in [0.1, 0.15) is 6.92 Å². The molecule has 22 heavy (non-hydrogen) atoms. The van der Waals surface area contributed by atoms with Gasteiger partial charge in [0.1, 0.15) is 0 Å². The molecule has 0 saturated heterocycles. The van der Waals surface area contributed by atoms with Crippen LogP contribution >= 0.6 is 0 Å². The minimum absolute atomic E-state index is 0.104. The second-order valence-corrected chi connectivity index (χ2v) is 7.07. The summed E-state index contributed by atoms with van der Waals surface area (Å²) in [5.41, 5.74) is 10.1. The van der Waals surface area contributed by atoms with Gasteiger partial charge in [-0.2, -0.15) is 15.0 Å². The van der Waals surface area contributed by atoms with Crippen molar-refractivity contribution in [2.45, 2.75) is 12.5 Å². The van der Waals surface area contributed by atoms with Crippen LogP contribution in [-0.2, 0) is 0 Å². The topological polar surface area (TPSA) is 187 Å².